The molecule has 1 saturated carbocycles. The van der Waals surface area contributed by atoms with Gasteiger partial charge in [0, 0.05) is 34.7 Å². The van der Waals surface area contributed by atoms with Crippen LogP contribution in [0, 0.1) is 12.8 Å². The van der Waals surface area contributed by atoms with Crippen molar-refractivity contribution in [2.75, 3.05) is 5.32 Å². The van der Waals surface area contributed by atoms with E-state index in [1.54, 1.807) is 0 Å². The fourth-order valence-electron chi connectivity index (χ4n) is 4.04. The van der Waals surface area contributed by atoms with Gasteiger partial charge in [0.25, 0.3) is 0 Å². The maximum absolute atomic E-state index is 14.4. The zero-order valence-corrected chi connectivity index (χ0v) is 18.9. The van der Waals surface area contributed by atoms with Gasteiger partial charge in [0.15, 0.2) is 5.78 Å². The van der Waals surface area contributed by atoms with Crippen LogP contribution in [0.25, 0.3) is 0 Å². The molecule has 1 aromatic carbocycles. The SMILES string of the molecule is Cc1cc(C(=O)c2cncnc2N[C@@H]2C[C@@H](C)[C@@H](O)[C@@H]2F)cn1Cc1cccc(Br)c1. The number of aromatic nitrogens is 3. The number of hydrogen-bond donors (Lipinski definition) is 2. The number of benzene rings is 1. The smallest absolute Gasteiger partial charge is 0.199 e. The number of hydrogen-bond acceptors (Lipinski definition) is 5. The van der Waals surface area contributed by atoms with Gasteiger partial charge in [-0.05, 0) is 43.0 Å². The molecule has 0 amide bonds. The lowest BCUT2D eigenvalue weighted by molar-refractivity contribution is 0.0725. The second kappa shape index (κ2) is 8.88. The van der Waals surface area contributed by atoms with Crippen LogP contribution in [0.5, 0.6) is 0 Å². The number of nitrogens with one attached hydrogen (secondary N) is 1. The summed E-state index contributed by atoms with van der Waals surface area (Å²) in [6, 6.07) is 9.24. The van der Waals surface area contributed by atoms with Gasteiger partial charge in [-0.15, -0.1) is 0 Å². The minimum absolute atomic E-state index is 0.164. The first-order valence-corrected chi connectivity index (χ1v) is 11.0. The predicted octanol–water partition coefficient (Wildman–Crippen LogP) is 4.15. The highest BCUT2D eigenvalue weighted by Crippen LogP contribution is 2.31. The Kier molecular flexibility index (Phi) is 6.20. The van der Waals surface area contributed by atoms with Gasteiger partial charge in [-0.25, -0.2) is 14.4 Å². The van der Waals surface area contributed by atoms with Gasteiger partial charge in [0.2, 0.25) is 0 Å². The number of ketones is 1. The summed E-state index contributed by atoms with van der Waals surface area (Å²) in [5.74, 6) is -0.115. The van der Waals surface area contributed by atoms with Crippen molar-refractivity contribution < 1.29 is 14.3 Å². The Hall–Kier alpha value is -2.58. The van der Waals surface area contributed by atoms with Gasteiger partial charge in [-0.1, -0.05) is 35.0 Å². The maximum atomic E-state index is 14.4. The molecule has 0 saturated heterocycles. The summed E-state index contributed by atoms with van der Waals surface area (Å²) in [6.45, 7) is 4.39. The topological polar surface area (TPSA) is 80.0 Å². The Morgan fingerprint density at radius 3 is 2.90 bits per heavy atom. The largest absolute Gasteiger partial charge is 0.390 e. The van der Waals surface area contributed by atoms with Crippen molar-refractivity contribution in [1.82, 2.24) is 14.5 Å². The Morgan fingerprint density at radius 2 is 2.19 bits per heavy atom. The molecule has 6 nitrogen and oxygen atoms in total. The van der Waals surface area contributed by atoms with Gasteiger partial charge >= 0.3 is 0 Å². The van der Waals surface area contributed by atoms with E-state index < -0.39 is 18.3 Å². The number of rotatable bonds is 6. The van der Waals surface area contributed by atoms with Crippen molar-refractivity contribution in [3.05, 3.63) is 75.9 Å². The molecule has 2 aromatic heterocycles. The van der Waals surface area contributed by atoms with Crippen LogP contribution >= 0.6 is 15.9 Å². The standard InChI is InChI=1S/C23H24BrFN4O2/c1-13-6-19(20(25)21(13)30)28-23-18(9-26-12-27-23)22(31)16-7-14(2)29(11-16)10-15-4-3-5-17(24)8-15/h3-5,7-9,11-13,19-21,30H,6,10H2,1-2H3,(H,26,27,28)/t13-,19-,20-,21-/m1/s1. The van der Waals surface area contributed by atoms with Crippen molar-refractivity contribution in [2.45, 2.75) is 45.1 Å². The first kappa shape index (κ1) is 21.6. The molecule has 162 valence electrons. The third kappa shape index (κ3) is 4.55. The van der Waals surface area contributed by atoms with Crippen molar-refractivity contribution in [3.63, 3.8) is 0 Å². The lowest BCUT2D eigenvalue weighted by atomic mass is 10.1. The van der Waals surface area contributed by atoms with Crippen LogP contribution in [-0.2, 0) is 6.54 Å². The van der Waals surface area contributed by atoms with E-state index in [9.17, 15) is 14.3 Å². The molecule has 8 heteroatoms. The zero-order valence-electron chi connectivity index (χ0n) is 17.3. The molecule has 31 heavy (non-hydrogen) atoms. The van der Waals surface area contributed by atoms with Gasteiger partial charge in [-0.2, -0.15) is 0 Å². The second-order valence-corrected chi connectivity index (χ2v) is 9.06. The minimum atomic E-state index is -1.42. The number of halogens is 2. The summed E-state index contributed by atoms with van der Waals surface area (Å²) in [7, 11) is 0. The number of carbonyl (C=O) groups is 1. The molecule has 4 atom stereocenters. The Balaban J connectivity index is 1.57. The van der Waals surface area contributed by atoms with E-state index in [-0.39, 0.29) is 23.1 Å². The molecule has 0 spiro atoms. The van der Waals surface area contributed by atoms with E-state index in [4.69, 9.17) is 0 Å². The van der Waals surface area contributed by atoms with Crippen molar-refractivity contribution in [1.29, 1.82) is 0 Å². The number of carbonyl (C=O) groups excluding carboxylic acids is 1. The number of alkyl halides is 1. The summed E-state index contributed by atoms with van der Waals surface area (Å²) < 4.78 is 17.4. The zero-order chi connectivity index (χ0) is 22.1. The molecule has 2 N–H and O–H groups in total. The normalized spacial score (nSPS) is 23.1. The summed E-state index contributed by atoms with van der Waals surface area (Å²) in [5, 5.41) is 12.9. The fourth-order valence-corrected chi connectivity index (χ4v) is 4.49. The second-order valence-electron chi connectivity index (χ2n) is 8.14. The molecule has 0 radical (unpaired) electrons. The Bertz CT molecular complexity index is 1100. The fraction of sp³-hybridized carbons (Fsp3) is 0.348. The molecule has 1 aliphatic carbocycles. The molecule has 4 rings (SSSR count). The van der Waals surface area contributed by atoms with Crippen LogP contribution in [0.3, 0.4) is 0 Å². The molecule has 1 fully saturated rings. The highest BCUT2D eigenvalue weighted by atomic mass is 79.9. The van der Waals surface area contributed by atoms with E-state index >= 15 is 0 Å². The van der Waals surface area contributed by atoms with E-state index in [2.05, 4.69) is 31.2 Å². The lowest BCUT2D eigenvalue weighted by Crippen LogP contribution is -2.32. The first-order valence-electron chi connectivity index (χ1n) is 10.2. The van der Waals surface area contributed by atoms with E-state index in [1.165, 1.54) is 12.5 Å². The monoisotopic (exact) mass is 486 g/mol. The predicted molar refractivity (Wildman–Crippen MR) is 120 cm³/mol. The number of aliphatic hydroxyl groups is 1. The molecule has 3 aromatic rings. The summed E-state index contributed by atoms with van der Waals surface area (Å²) in [5.41, 5.74) is 2.86. The summed E-state index contributed by atoms with van der Waals surface area (Å²) in [6.07, 6.45) is 2.61. The van der Waals surface area contributed by atoms with Crippen LogP contribution < -0.4 is 5.32 Å². The third-order valence-corrected chi connectivity index (χ3v) is 6.31. The van der Waals surface area contributed by atoms with Gasteiger partial charge in [0.05, 0.1) is 17.7 Å². The van der Waals surface area contributed by atoms with Gasteiger partial charge < -0.3 is 15.0 Å². The Labute approximate surface area is 188 Å². The molecular formula is C23H24BrFN4O2. The molecule has 0 bridgehead atoms. The lowest BCUT2D eigenvalue weighted by Gasteiger charge is -2.18. The van der Waals surface area contributed by atoms with Crippen LogP contribution in [0.15, 0.2) is 53.5 Å². The van der Waals surface area contributed by atoms with Gasteiger partial charge in [0.1, 0.15) is 18.3 Å². The average Bonchev–Trinajstić information content (AvgIpc) is 3.22. The maximum Gasteiger partial charge on any atom is 0.199 e. The first-order chi connectivity index (χ1) is 14.8. The third-order valence-electron chi connectivity index (χ3n) is 5.81. The average molecular weight is 487 g/mol. The Morgan fingerprint density at radius 1 is 1.39 bits per heavy atom. The number of nitrogens with zero attached hydrogens (tertiary/aromatic N) is 3. The highest BCUT2D eigenvalue weighted by molar-refractivity contribution is 9.10. The molecular weight excluding hydrogens is 463 g/mol. The number of aliphatic hydroxyl groups excluding tert-OH is 1. The minimum Gasteiger partial charge on any atom is -0.390 e. The number of aryl methyl sites for hydroxylation is 1. The van der Waals surface area contributed by atoms with Crippen LogP contribution in [0.1, 0.15) is 40.5 Å². The highest BCUT2D eigenvalue weighted by Gasteiger charge is 2.41. The van der Waals surface area contributed by atoms with E-state index in [1.807, 2.05) is 54.9 Å². The van der Waals surface area contributed by atoms with E-state index in [0.29, 0.717) is 18.5 Å². The molecule has 0 unspecified atom stereocenters. The number of anilines is 1. The van der Waals surface area contributed by atoms with Crippen LogP contribution in [-0.4, -0.2) is 43.7 Å². The molecule has 1 aliphatic rings. The van der Waals surface area contributed by atoms with Crippen molar-refractivity contribution in [3.8, 4) is 0 Å². The van der Waals surface area contributed by atoms with E-state index in [0.717, 1.165) is 15.7 Å². The summed E-state index contributed by atoms with van der Waals surface area (Å²) >= 11 is 3.48. The quantitative estimate of drug-likeness (QED) is 0.511. The molecule has 0 aliphatic heterocycles. The molecule has 2 heterocycles. The van der Waals surface area contributed by atoms with Crippen molar-refractivity contribution >= 4 is 27.5 Å². The summed E-state index contributed by atoms with van der Waals surface area (Å²) in [4.78, 5) is 21.4. The van der Waals surface area contributed by atoms with Crippen molar-refractivity contribution in [2.24, 2.45) is 5.92 Å². The van der Waals surface area contributed by atoms with Gasteiger partial charge in [-0.3, -0.25) is 4.79 Å². The van der Waals surface area contributed by atoms with Crippen LogP contribution in [0.2, 0.25) is 0 Å². The van der Waals surface area contributed by atoms with Crippen LogP contribution in [0.4, 0.5) is 10.2 Å².